The Hall–Kier alpha value is -0.710. The number of thioether (sulfide) groups is 1. The van der Waals surface area contributed by atoms with Gasteiger partial charge in [0.05, 0.1) is 0 Å². The first-order valence-electron chi connectivity index (χ1n) is 6.20. The van der Waals surface area contributed by atoms with E-state index in [-0.39, 0.29) is 29.9 Å². The fraction of sp³-hybridized carbons (Fsp3) is 0.833. The number of rotatable bonds is 2. The van der Waals surface area contributed by atoms with Gasteiger partial charge in [-0.1, -0.05) is 0 Å². The van der Waals surface area contributed by atoms with Gasteiger partial charge in [-0.25, -0.2) is 0 Å². The van der Waals surface area contributed by atoms with Crippen LogP contribution in [-0.2, 0) is 9.59 Å². The van der Waals surface area contributed by atoms with Gasteiger partial charge in [0.2, 0.25) is 11.8 Å². The van der Waals surface area contributed by atoms with Crippen molar-refractivity contribution in [3.05, 3.63) is 0 Å². The highest BCUT2D eigenvalue weighted by atomic mass is 32.2. The van der Waals surface area contributed by atoms with Gasteiger partial charge in [0, 0.05) is 11.3 Å². The average molecular weight is 256 g/mol. The van der Waals surface area contributed by atoms with E-state index in [1.54, 1.807) is 6.92 Å². The molecule has 0 aromatic carbocycles. The number of piperazine rings is 1. The molecule has 96 valence electrons. The second-order valence-corrected chi connectivity index (χ2v) is 6.11. The minimum Gasteiger partial charge on any atom is -0.343 e. The van der Waals surface area contributed by atoms with Crippen molar-refractivity contribution in [2.45, 2.75) is 56.5 Å². The zero-order valence-corrected chi connectivity index (χ0v) is 11.4. The Labute approximate surface area is 106 Å². The number of hydrogen-bond donors (Lipinski definition) is 1. The lowest BCUT2D eigenvalue weighted by molar-refractivity contribution is -0.150. The molecule has 0 aromatic rings. The van der Waals surface area contributed by atoms with Gasteiger partial charge in [-0.05, 0) is 39.4 Å². The van der Waals surface area contributed by atoms with E-state index < -0.39 is 0 Å². The molecule has 2 fully saturated rings. The van der Waals surface area contributed by atoms with E-state index >= 15 is 0 Å². The molecule has 17 heavy (non-hydrogen) atoms. The molecule has 2 rings (SSSR count). The Balaban J connectivity index is 2.12. The average Bonchev–Trinajstić information content (AvgIpc) is 2.75. The third kappa shape index (κ3) is 2.30. The number of carbonyl (C=O) groups is 2. The predicted octanol–water partition coefficient (Wildman–Crippen LogP) is 1.01. The molecule has 4 atom stereocenters. The molecule has 0 radical (unpaired) electrons. The molecule has 2 amide bonds. The van der Waals surface area contributed by atoms with Gasteiger partial charge in [-0.15, -0.1) is 0 Å². The van der Waals surface area contributed by atoms with Gasteiger partial charge < -0.3 is 10.2 Å². The molecule has 0 aromatic heterocycles. The van der Waals surface area contributed by atoms with Crippen LogP contribution in [0.4, 0.5) is 0 Å². The van der Waals surface area contributed by atoms with E-state index in [0.717, 1.165) is 19.3 Å². The minimum absolute atomic E-state index is 0.0234. The normalized spacial score (nSPS) is 38.4. The highest BCUT2D eigenvalue weighted by Crippen LogP contribution is 2.33. The molecule has 0 spiro atoms. The van der Waals surface area contributed by atoms with Crippen LogP contribution in [0.5, 0.6) is 0 Å². The van der Waals surface area contributed by atoms with E-state index in [2.05, 4.69) is 11.6 Å². The molecular formula is C12H20N2O2S. The van der Waals surface area contributed by atoms with Crippen molar-refractivity contribution in [1.29, 1.82) is 0 Å². The first-order chi connectivity index (χ1) is 8.04. The molecule has 1 heterocycles. The number of nitrogens with zero attached hydrogens (tertiary/aromatic N) is 1. The Morgan fingerprint density at radius 3 is 2.59 bits per heavy atom. The summed E-state index contributed by atoms with van der Waals surface area (Å²) in [6.45, 7) is 3.59. The van der Waals surface area contributed by atoms with Gasteiger partial charge in [0.25, 0.3) is 0 Å². The van der Waals surface area contributed by atoms with Crippen molar-refractivity contribution in [2.24, 2.45) is 0 Å². The molecular weight excluding hydrogens is 236 g/mol. The molecule has 4 nitrogen and oxygen atoms in total. The van der Waals surface area contributed by atoms with Crippen LogP contribution in [0, 0.1) is 0 Å². The lowest BCUT2D eigenvalue weighted by Crippen LogP contribution is -2.63. The Morgan fingerprint density at radius 2 is 2.00 bits per heavy atom. The summed E-state index contributed by atoms with van der Waals surface area (Å²) < 4.78 is 0. The molecule has 2 aliphatic rings. The Bertz CT molecular complexity index is 334. The monoisotopic (exact) mass is 256 g/mol. The van der Waals surface area contributed by atoms with Crippen LogP contribution in [0.2, 0.25) is 0 Å². The molecule has 1 saturated heterocycles. The topological polar surface area (TPSA) is 49.4 Å². The second kappa shape index (κ2) is 4.88. The standard InChI is InChI=1S/C12H20N2O2S/c1-7-12(16)14(8(2)11(15)13-7)9-4-5-10(6-9)17-3/h7-10H,4-6H2,1-3H3,(H,13,15). The summed E-state index contributed by atoms with van der Waals surface area (Å²) >= 11 is 1.87. The maximum Gasteiger partial charge on any atom is 0.245 e. The largest absolute Gasteiger partial charge is 0.343 e. The van der Waals surface area contributed by atoms with Crippen LogP contribution in [0.25, 0.3) is 0 Å². The first kappa shape index (κ1) is 12.7. The SMILES string of the molecule is CSC1CCC(N2C(=O)C(C)NC(=O)C2C)C1. The van der Waals surface area contributed by atoms with Crippen molar-refractivity contribution in [1.82, 2.24) is 10.2 Å². The molecule has 5 heteroatoms. The minimum atomic E-state index is -0.368. The van der Waals surface area contributed by atoms with Crippen LogP contribution in [0.3, 0.4) is 0 Å². The number of nitrogens with one attached hydrogen (secondary N) is 1. The van der Waals surface area contributed by atoms with Crippen LogP contribution in [0.1, 0.15) is 33.1 Å². The first-order valence-corrected chi connectivity index (χ1v) is 7.48. The summed E-state index contributed by atoms with van der Waals surface area (Å²) in [5.41, 5.74) is 0. The van der Waals surface area contributed by atoms with Crippen molar-refractivity contribution >= 4 is 23.6 Å². The van der Waals surface area contributed by atoms with Gasteiger partial charge in [-0.3, -0.25) is 9.59 Å². The van der Waals surface area contributed by atoms with Crippen molar-refractivity contribution in [3.8, 4) is 0 Å². The summed E-state index contributed by atoms with van der Waals surface area (Å²) in [5.74, 6) is 0.0496. The molecule has 1 saturated carbocycles. The lowest BCUT2D eigenvalue weighted by Gasteiger charge is -2.40. The number of carbonyl (C=O) groups excluding carboxylic acids is 2. The highest BCUT2D eigenvalue weighted by Gasteiger charge is 2.41. The second-order valence-electron chi connectivity index (χ2n) is 4.98. The van der Waals surface area contributed by atoms with Crippen LogP contribution < -0.4 is 5.32 Å². The van der Waals surface area contributed by atoms with E-state index in [1.165, 1.54) is 0 Å². The third-order valence-corrected chi connectivity index (χ3v) is 4.96. The van der Waals surface area contributed by atoms with Crippen LogP contribution >= 0.6 is 11.8 Å². The molecule has 1 aliphatic heterocycles. The third-order valence-electron chi connectivity index (χ3n) is 3.86. The van der Waals surface area contributed by atoms with Crippen molar-refractivity contribution in [3.63, 3.8) is 0 Å². The van der Waals surface area contributed by atoms with Gasteiger partial charge >= 0.3 is 0 Å². The molecule has 1 aliphatic carbocycles. The number of hydrogen-bond acceptors (Lipinski definition) is 3. The smallest absolute Gasteiger partial charge is 0.245 e. The van der Waals surface area contributed by atoms with Gasteiger partial charge in [0.1, 0.15) is 12.1 Å². The predicted molar refractivity (Wildman–Crippen MR) is 68.9 cm³/mol. The Morgan fingerprint density at radius 1 is 1.29 bits per heavy atom. The summed E-state index contributed by atoms with van der Waals surface area (Å²) in [6, 6.07) is -0.431. The van der Waals surface area contributed by atoms with E-state index in [0.29, 0.717) is 5.25 Å². The summed E-state index contributed by atoms with van der Waals surface area (Å²) in [6.07, 6.45) is 5.32. The van der Waals surface area contributed by atoms with Crippen molar-refractivity contribution in [2.75, 3.05) is 6.26 Å². The van der Waals surface area contributed by atoms with Gasteiger partial charge in [-0.2, -0.15) is 11.8 Å². The van der Waals surface area contributed by atoms with Crippen LogP contribution in [0.15, 0.2) is 0 Å². The quantitative estimate of drug-likeness (QED) is 0.802. The fourth-order valence-electron chi connectivity index (χ4n) is 2.82. The highest BCUT2D eigenvalue weighted by molar-refractivity contribution is 7.99. The summed E-state index contributed by atoms with van der Waals surface area (Å²) in [5, 5.41) is 3.36. The molecule has 4 unspecified atom stereocenters. The maximum absolute atomic E-state index is 12.2. The zero-order chi connectivity index (χ0) is 12.6. The molecule has 1 N–H and O–H groups in total. The zero-order valence-electron chi connectivity index (χ0n) is 10.6. The fourth-order valence-corrected chi connectivity index (χ4v) is 3.60. The van der Waals surface area contributed by atoms with Crippen molar-refractivity contribution < 1.29 is 9.59 Å². The van der Waals surface area contributed by atoms with E-state index in [1.807, 2.05) is 23.6 Å². The van der Waals surface area contributed by atoms with E-state index in [9.17, 15) is 9.59 Å². The molecule has 0 bridgehead atoms. The lowest BCUT2D eigenvalue weighted by atomic mass is 10.0. The van der Waals surface area contributed by atoms with E-state index in [4.69, 9.17) is 0 Å². The summed E-state index contributed by atoms with van der Waals surface area (Å²) in [4.78, 5) is 25.7. The maximum atomic E-state index is 12.2. The summed E-state index contributed by atoms with van der Waals surface area (Å²) in [7, 11) is 0. The number of amides is 2. The van der Waals surface area contributed by atoms with Gasteiger partial charge in [0.15, 0.2) is 0 Å². The Kier molecular flexibility index (Phi) is 3.66. The van der Waals surface area contributed by atoms with Crippen LogP contribution in [-0.4, -0.2) is 46.3 Å².